The van der Waals surface area contributed by atoms with E-state index in [-0.39, 0.29) is 12.1 Å². The standard InChI is InChI=1S/C23H32ClN3O2/c1-7-19-25-21(24)20-18(11-10-17-9-8-15(2)16(3)14-17)26(12-13-27(19)20)22(28)29-23(4,5)6/h8-9,14,18H,7,10-13H2,1-6H3. The number of rotatable bonds is 4. The lowest BCUT2D eigenvalue weighted by Crippen LogP contribution is -2.45. The molecule has 0 N–H and O–H groups in total. The average molecular weight is 418 g/mol. The first-order chi connectivity index (χ1) is 13.6. The van der Waals surface area contributed by atoms with Crippen LogP contribution in [0.25, 0.3) is 0 Å². The van der Waals surface area contributed by atoms with Crippen LogP contribution in [0.3, 0.4) is 0 Å². The zero-order chi connectivity index (χ0) is 21.3. The second kappa shape index (κ2) is 8.39. The Bertz CT molecular complexity index is 898. The lowest BCUT2D eigenvalue weighted by Gasteiger charge is -2.38. The van der Waals surface area contributed by atoms with Crippen molar-refractivity contribution in [3.8, 4) is 0 Å². The van der Waals surface area contributed by atoms with Crippen LogP contribution >= 0.6 is 11.6 Å². The van der Waals surface area contributed by atoms with Gasteiger partial charge in [-0.1, -0.05) is 36.7 Å². The van der Waals surface area contributed by atoms with Gasteiger partial charge in [-0.25, -0.2) is 9.78 Å². The Morgan fingerprint density at radius 1 is 1.24 bits per heavy atom. The number of carbonyl (C=O) groups excluding carboxylic acids is 1. The number of ether oxygens (including phenoxy) is 1. The molecule has 1 atom stereocenters. The van der Waals surface area contributed by atoms with E-state index in [0.717, 1.165) is 30.8 Å². The summed E-state index contributed by atoms with van der Waals surface area (Å²) in [5.41, 5.74) is 4.23. The maximum atomic E-state index is 13.0. The summed E-state index contributed by atoms with van der Waals surface area (Å²) in [4.78, 5) is 19.4. The third-order valence-corrected chi connectivity index (χ3v) is 5.80. The first-order valence-electron chi connectivity index (χ1n) is 10.4. The van der Waals surface area contributed by atoms with Gasteiger partial charge in [0.25, 0.3) is 0 Å². The van der Waals surface area contributed by atoms with Crippen LogP contribution in [0.5, 0.6) is 0 Å². The molecule has 1 aliphatic rings. The molecule has 0 spiro atoms. The summed E-state index contributed by atoms with van der Waals surface area (Å²) in [6.07, 6.45) is 2.16. The molecule has 0 fully saturated rings. The number of amides is 1. The Morgan fingerprint density at radius 3 is 2.59 bits per heavy atom. The van der Waals surface area contributed by atoms with Crippen molar-refractivity contribution in [2.75, 3.05) is 6.54 Å². The minimum atomic E-state index is -0.536. The number of hydrogen-bond donors (Lipinski definition) is 0. The van der Waals surface area contributed by atoms with Crippen molar-refractivity contribution in [2.24, 2.45) is 0 Å². The highest BCUT2D eigenvalue weighted by atomic mass is 35.5. The number of fused-ring (bicyclic) bond motifs is 1. The highest BCUT2D eigenvalue weighted by Gasteiger charge is 2.36. The van der Waals surface area contributed by atoms with Crippen LogP contribution in [0.2, 0.25) is 5.15 Å². The van der Waals surface area contributed by atoms with E-state index in [0.29, 0.717) is 18.2 Å². The van der Waals surface area contributed by atoms with Crippen molar-refractivity contribution in [3.63, 3.8) is 0 Å². The molecule has 3 rings (SSSR count). The van der Waals surface area contributed by atoms with Crippen molar-refractivity contribution < 1.29 is 9.53 Å². The van der Waals surface area contributed by atoms with E-state index in [1.165, 1.54) is 16.7 Å². The number of aryl methyl sites for hydroxylation is 4. The molecule has 1 aromatic heterocycles. The molecule has 1 amide bonds. The largest absolute Gasteiger partial charge is 0.444 e. The average Bonchev–Trinajstić information content (AvgIpc) is 2.97. The Kier molecular flexibility index (Phi) is 6.27. The van der Waals surface area contributed by atoms with Gasteiger partial charge < -0.3 is 9.30 Å². The number of halogens is 1. The van der Waals surface area contributed by atoms with Gasteiger partial charge >= 0.3 is 6.09 Å². The summed E-state index contributed by atoms with van der Waals surface area (Å²) >= 11 is 6.56. The van der Waals surface area contributed by atoms with Gasteiger partial charge in [0, 0.05) is 19.5 Å². The molecule has 158 valence electrons. The number of carbonyl (C=O) groups is 1. The minimum absolute atomic E-state index is 0.152. The molecule has 0 bridgehead atoms. The Balaban J connectivity index is 1.91. The predicted molar refractivity (Wildman–Crippen MR) is 117 cm³/mol. The molecule has 0 aliphatic carbocycles. The molecule has 0 saturated heterocycles. The van der Waals surface area contributed by atoms with Gasteiger partial charge in [-0.3, -0.25) is 4.90 Å². The fourth-order valence-corrected chi connectivity index (χ4v) is 4.25. The second-order valence-electron chi connectivity index (χ2n) is 8.86. The van der Waals surface area contributed by atoms with E-state index in [4.69, 9.17) is 16.3 Å². The minimum Gasteiger partial charge on any atom is -0.444 e. The van der Waals surface area contributed by atoms with Crippen LogP contribution in [-0.4, -0.2) is 32.7 Å². The number of imidazole rings is 1. The maximum Gasteiger partial charge on any atom is 0.410 e. The first kappa shape index (κ1) is 21.7. The van der Waals surface area contributed by atoms with Gasteiger partial charge in [0.1, 0.15) is 11.4 Å². The molecule has 29 heavy (non-hydrogen) atoms. The highest BCUT2D eigenvalue weighted by molar-refractivity contribution is 6.30. The fourth-order valence-electron chi connectivity index (χ4n) is 3.92. The maximum absolute atomic E-state index is 13.0. The van der Waals surface area contributed by atoms with Gasteiger partial charge in [0.15, 0.2) is 5.15 Å². The SMILES string of the molecule is CCc1nc(Cl)c2n1CCN(C(=O)OC(C)(C)C)C2CCc1ccc(C)c(C)c1. The van der Waals surface area contributed by atoms with Gasteiger partial charge in [-0.2, -0.15) is 0 Å². The highest BCUT2D eigenvalue weighted by Crippen LogP contribution is 2.36. The predicted octanol–water partition coefficient (Wildman–Crippen LogP) is 5.64. The van der Waals surface area contributed by atoms with Gasteiger partial charge in [-0.05, 0) is 64.2 Å². The van der Waals surface area contributed by atoms with E-state index >= 15 is 0 Å². The lowest BCUT2D eigenvalue weighted by molar-refractivity contribution is 0.00949. The van der Waals surface area contributed by atoms with Crippen LogP contribution in [-0.2, 0) is 24.1 Å². The molecule has 0 radical (unpaired) electrons. The smallest absolute Gasteiger partial charge is 0.410 e. The quantitative estimate of drug-likeness (QED) is 0.646. The molecule has 1 aliphatic heterocycles. The van der Waals surface area contributed by atoms with Gasteiger partial charge in [0.2, 0.25) is 0 Å². The molecule has 0 saturated carbocycles. The van der Waals surface area contributed by atoms with E-state index in [1.54, 1.807) is 0 Å². The molecule has 5 nitrogen and oxygen atoms in total. The van der Waals surface area contributed by atoms with Crippen LogP contribution < -0.4 is 0 Å². The van der Waals surface area contributed by atoms with Gasteiger partial charge in [0.05, 0.1) is 11.7 Å². The Morgan fingerprint density at radius 2 is 1.97 bits per heavy atom. The van der Waals surface area contributed by atoms with Gasteiger partial charge in [-0.15, -0.1) is 0 Å². The number of benzene rings is 1. The second-order valence-corrected chi connectivity index (χ2v) is 9.21. The van der Waals surface area contributed by atoms with Crippen LogP contribution in [0, 0.1) is 13.8 Å². The van der Waals surface area contributed by atoms with Crippen molar-refractivity contribution in [1.29, 1.82) is 0 Å². The van der Waals surface area contributed by atoms with Crippen LogP contribution in [0.1, 0.15) is 68.4 Å². The zero-order valence-electron chi connectivity index (χ0n) is 18.4. The Labute approximate surface area is 179 Å². The van der Waals surface area contributed by atoms with Crippen molar-refractivity contribution in [3.05, 3.63) is 51.6 Å². The van der Waals surface area contributed by atoms with Crippen LogP contribution in [0.4, 0.5) is 4.79 Å². The summed E-state index contributed by atoms with van der Waals surface area (Å²) in [6, 6.07) is 6.40. The van der Waals surface area contributed by atoms with E-state index in [2.05, 4.69) is 48.5 Å². The molecular weight excluding hydrogens is 386 g/mol. The fraction of sp³-hybridized carbons (Fsp3) is 0.565. The number of nitrogens with zero attached hydrogens (tertiary/aromatic N) is 3. The molecule has 1 aromatic carbocycles. The lowest BCUT2D eigenvalue weighted by atomic mass is 9.98. The summed E-state index contributed by atoms with van der Waals surface area (Å²) in [7, 11) is 0. The monoisotopic (exact) mass is 417 g/mol. The van der Waals surface area contributed by atoms with E-state index in [1.807, 2.05) is 25.7 Å². The summed E-state index contributed by atoms with van der Waals surface area (Å²) in [6.45, 7) is 13.3. The van der Waals surface area contributed by atoms with Crippen LogP contribution in [0.15, 0.2) is 18.2 Å². The van der Waals surface area contributed by atoms with E-state index < -0.39 is 5.60 Å². The molecule has 2 aromatic rings. The third-order valence-electron chi connectivity index (χ3n) is 5.52. The molecule has 1 unspecified atom stereocenters. The third kappa shape index (κ3) is 4.77. The van der Waals surface area contributed by atoms with Crippen molar-refractivity contribution >= 4 is 17.7 Å². The first-order valence-corrected chi connectivity index (χ1v) is 10.8. The normalized spacial score (nSPS) is 16.7. The van der Waals surface area contributed by atoms with E-state index in [9.17, 15) is 4.79 Å². The molecule has 2 heterocycles. The number of aromatic nitrogens is 2. The summed E-state index contributed by atoms with van der Waals surface area (Å²) < 4.78 is 7.89. The van der Waals surface area contributed by atoms with Crippen molar-refractivity contribution in [2.45, 2.75) is 79.0 Å². The summed E-state index contributed by atoms with van der Waals surface area (Å²) in [5, 5.41) is 0.500. The zero-order valence-corrected chi connectivity index (χ0v) is 19.1. The topological polar surface area (TPSA) is 47.4 Å². The Hall–Kier alpha value is -2.01. The summed E-state index contributed by atoms with van der Waals surface area (Å²) in [5.74, 6) is 0.977. The van der Waals surface area contributed by atoms with Crippen molar-refractivity contribution in [1.82, 2.24) is 14.5 Å². The molecular formula is C23H32ClN3O2. The number of hydrogen-bond acceptors (Lipinski definition) is 3. The molecule has 6 heteroatoms.